The molecule has 1 rings (SSSR count). The van der Waals surface area contributed by atoms with Gasteiger partial charge in [-0.2, -0.15) is 0 Å². The van der Waals surface area contributed by atoms with E-state index in [2.05, 4.69) is 64.2 Å². The van der Waals surface area contributed by atoms with E-state index >= 15 is 0 Å². The van der Waals surface area contributed by atoms with Gasteiger partial charge >= 0.3 is 164 Å². The SMILES string of the molecule is C=C([CH2][Sn]([CH2]CCC)([CH2]CCC)[CH2]CCC)[Si](C)(C)c1ccccc1. The topological polar surface area (TPSA) is 0 Å². The summed E-state index contributed by atoms with van der Waals surface area (Å²) in [7, 11) is -1.55. The Labute approximate surface area is 163 Å². The van der Waals surface area contributed by atoms with Crippen molar-refractivity contribution in [1.82, 2.24) is 0 Å². The van der Waals surface area contributed by atoms with E-state index in [1.165, 1.54) is 43.0 Å². The molecule has 0 aliphatic heterocycles. The van der Waals surface area contributed by atoms with Crippen LogP contribution >= 0.6 is 0 Å². The molecule has 1 aromatic carbocycles. The van der Waals surface area contributed by atoms with E-state index in [1.807, 2.05) is 0 Å². The molecular formula is C23H42SiSn. The summed E-state index contributed by atoms with van der Waals surface area (Å²) in [6, 6.07) is 11.2. The van der Waals surface area contributed by atoms with Gasteiger partial charge < -0.3 is 0 Å². The second-order valence-electron chi connectivity index (χ2n) is 8.58. The van der Waals surface area contributed by atoms with Crippen LogP contribution in [0.2, 0.25) is 30.8 Å². The predicted octanol–water partition coefficient (Wildman–Crippen LogP) is 7.55. The van der Waals surface area contributed by atoms with Gasteiger partial charge in [-0.3, -0.25) is 0 Å². The second-order valence-corrected chi connectivity index (χ2v) is 27.0. The first-order chi connectivity index (χ1) is 11.9. The molecule has 0 atom stereocenters. The van der Waals surface area contributed by atoms with E-state index in [9.17, 15) is 0 Å². The van der Waals surface area contributed by atoms with E-state index in [-0.39, 0.29) is 0 Å². The summed E-state index contributed by atoms with van der Waals surface area (Å²) in [4.78, 5) is 0. The van der Waals surface area contributed by atoms with E-state index in [4.69, 9.17) is 6.58 Å². The minimum absolute atomic E-state index is 1.36. The van der Waals surface area contributed by atoms with Gasteiger partial charge in [0.1, 0.15) is 0 Å². The fourth-order valence-corrected chi connectivity index (χ4v) is 27.9. The first-order valence-electron chi connectivity index (χ1n) is 10.7. The van der Waals surface area contributed by atoms with E-state index in [0.717, 1.165) is 0 Å². The molecule has 2 heteroatoms. The van der Waals surface area contributed by atoms with Crippen molar-refractivity contribution in [3.05, 3.63) is 42.1 Å². The Hall–Kier alpha value is -0.0244. The molecule has 0 spiro atoms. The zero-order valence-electron chi connectivity index (χ0n) is 17.7. The van der Waals surface area contributed by atoms with E-state index in [0.29, 0.717) is 0 Å². The van der Waals surface area contributed by atoms with Crippen LogP contribution in [0.15, 0.2) is 42.1 Å². The molecule has 0 saturated carbocycles. The number of rotatable bonds is 13. The second kappa shape index (κ2) is 11.6. The van der Waals surface area contributed by atoms with Crippen molar-refractivity contribution in [3.8, 4) is 0 Å². The minimum atomic E-state index is -2.11. The van der Waals surface area contributed by atoms with Crippen LogP contribution in [-0.4, -0.2) is 26.5 Å². The van der Waals surface area contributed by atoms with Crippen LogP contribution in [0.5, 0.6) is 0 Å². The van der Waals surface area contributed by atoms with Crippen molar-refractivity contribution in [2.24, 2.45) is 0 Å². The molecule has 0 fully saturated rings. The Morgan fingerprint density at radius 1 is 0.840 bits per heavy atom. The number of hydrogen-bond acceptors (Lipinski definition) is 0. The standard InChI is InChI=1S/C11H15Si.3C4H9.Sn/c1-10(2)12(3,4)11-8-6-5-7-9-11;3*1-3-4-2;/h5-9H,1-2H2,3-4H3;3*1,3-4H2,2H3;. The van der Waals surface area contributed by atoms with Gasteiger partial charge in [0, 0.05) is 0 Å². The van der Waals surface area contributed by atoms with Crippen LogP contribution in [-0.2, 0) is 0 Å². The Morgan fingerprint density at radius 2 is 1.28 bits per heavy atom. The number of hydrogen-bond donors (Lipinski definition) is 0. The Morgan fingerprint density at radius 3 is 1.68 bits per heavy atom. The van der Waals surface area contributed by atoms with Crippen molar-refractivity contribution in [2.75, 3.05) is 0 Å². The molecule has 0 radical (unpaired) electrons. The van der Waals surface area contributed by atoms with Crippen molar-refractivity contribution >= 4 is 31.6 Å². The molecule has 0 unspecified atom stereocenters. The number of unbranched alkanes of at least 4 members (excludes halogenated alkanes) is 3. The average molecular weight is 465 g/mol. The summed E-state index contributed by atoms with van der Waals surface area (Å²) in [5, 5.41) is 3.22. The Kier molecular flexibility index (Phi) is 10.7. The van der Waals surface area contributed by atoms with E-state index in [1.54, 1.807) is 23.7 Å². The summed E-state index contributed by atoms with van der Waals surface area (Å²) in [5.74, 6) is 0. The number of allylic oxidation sites excluding steroid dienone is 1. The summed E-state index contributed by atoms with van der Waals surface area (Å²) >= 11 is -2.11. The Bertz CT molecular complexity index is 470. The fourth-order valence-electron chi connectivity index (χ4n) is 4.03. The van der Waals surface area contributed by atoms with Crippen LogP contribution in [0.1, 0.15) is 59.3 Å². The maximum absolute atomic E-state index is 4.73. The van der Waals surface area contributed by atoms with Crippen LogP contribution in [0.3, 0.4) is 0 Å². The molecular weight excluding hydrogens is 423 g/mol. The summed E-state index contributed by atoms with van der Waals surface area (Å²) < 4.78 is 6.26. The molecule has 0 heterocycles. The van der Waals surface area contributed by atoms with Crippen molar-refractivity contribution in [2.45, 2.75) is 90.1 Å². The van der Waals surface area contributed by atoms with Gasteiger partial charge in [0.2, 0.25) is 0 Å². The van der Waals surface area contributed by atoms with Gasteiger partial charge in [-0.25, -0.2) is 0 Å². The molecule has 0 N–H and O–H groups in total. The Balaban J connectivity index is 3.01. The van der Waals surface area contributed by atoms with Crippen molar-refractivity contribution in [3.63, 3.8) is 0 Å². The molecule has 142 valence electrons. The molecule has 0 nitrogen and oxygen atoms in total. The van der Waals surface area contributed by atoms with Gasteiger partial charge in [0.05, 0.1) is 0 Å². The average Bonchev–Trinajstić information content (AvgIpc) is 2.63. The predicted molar refractivity (Wildman–Crippen MR) is 122 cm³/mol. The van der Waals surface area contributed by atoms with E-state index < -0.39 is 26.5 Å². The van der Waals surface area contributed by atoms with Crippen LogP contribution < -0.4 is 5.19 Å². The quantitative estimate of drug-likeness (QED) is 0.264. The molecule has 0 aliphatic rings. The molecule has 0 saturated heterocycles. The van der Waals surface area contributed by atoms with Gasteiger partial charge in [-0.1, -0.05) is 0 Å². The summed E-state index contributed by atoms with van der Waals surface area (Å²) in [5.41, 5.74) is 0. The van der Waals surface area contributed by atoms with Crippen molar-refractivity contribution in [1.29, 1.82) is 0 Å². The molecule has 0 bridgehead atoms. The van der Waals surface area contributed by atoms with Gasteiger partial charge in [-0.05, 0) is 0 Å². The first kappa shape index (κ1) is 23.0. The summed E-state index contributed by atoms with van der Waals surface area (Å²) in [6.45, 7) is 16.9. The third-order valence-electron chi connectivity index (χ3n) is 6.15. The molecule has 0 aromatic heterocycles. The third kappa shape index (κ3) is 7.25. The van der Waals surface area contributed by atoms with Gasteiger partial charge in [0.15, 0.2) is 0 Å². The molecule has 25 heavy (non-hydrogen) atoms. The van der Waals surface area contributed by atoms with Crippen molar-refractivity contribution < 1.29 is 0 Å². The van der Waals surface area contributed by atoms with Crippen LogP contribution in [0.25, 0.3) is 0 Å². The van der Waals surface area contributed by atoms with Crippen LogP contribution in [0, 0.1) is 0 Å². The maximum atomic E-state index is 4.73. The normalized spacial score (nSPS) is 12.4. The van der Waals surface area contributed by atoms with Gasteiger partial charge in [0.25, 0.3) is 0 Å². The first-order valence-corrected chi connectivity index (χ1v) is 21.7. The third-order valence-corrected chi connectivity index (χ3v) is 26.3. The molecule has 1 aromatic rings. The molecule has 0 amide bonds. The van der Waals surface area contributed by atoms with Crippen LogP contribution in [0.4, 0.5) is 0 Å². The molecule has 0 aliphatic carbocycles. The monoisotopic (exact) mass is 466 g/mol. The number of benzene rings is 1. The van der Waals surface area contributed by atoms with Gasteiger partial charge in [-0.15, -0.1) is 0 Å². The summed E-state index contributed by atoms with van der Waals surface area (Å²) in [6.07, 6.45) is 8.48. The zero-order valence-corrected chi connectivity index (χ0v) is 21.5. The fraction of sp³-hybridized carbons (Fsp3) is 0.652. The zero-order chi connectivity index (χ0) is 18.8.